The summed E-state index contributed by atoms with van der Waals surface area (Å²) in [5.41, 5.74) is 19.9. The Hall–Kier alpha value is -8.99. The van der Waals surface area contributed by atoms with Crippen molar-refractivity contribution in [2.24, 2.45) is 0 Å². The SMILES string of the molecule is Cc1c[c-]c(-c2ccc3cccc([N-]c4c(C(C)C)cccc4C(C)C)c3n2)s1.Cc1ccc(-c2ccc3cccc(Nc4c(C(C)C)cccc4C(C)C)c3n2)s1.[CH2-]c1ccccc1.[CH2-]c1ccccc1.[CH2-]c1ccccc1.[CH2-]c1ccccc1.[CH2-]c1ccccc1.[CH2-]c1ccccc1.[Zr+4].[Zr+4]. The largest absolute Gasteiger partial charge is 4.00 e. The van der Waals surface area contributed by atoms with Gasteiger partial charge < -0.3 is 15.6 Å². The smallest absolute Gasteiger partial charge is 0.656 e. The van der Waals surface area contributed by atoms with E-state index in [4.69, 9.17) is 15.3 Å². The van der Waals surface area contributed by atoms with E-state index in [9.17, 15) is 0 Å². The summed E-state index contributed by atoms with van der Waals surface area (Å²) in [6.45, 7) is 44.5. The average Bonchev–Trinajstić information content (AvgIpc) is 1.01. The van der Waals surface area contributed by atoms with Gasteiger partial charge in [-0.25, -0.2) is 16.3 Å². The van der Waals surface area contributed by atoms with Crippen molar-refractivity contribution in [1.82, 2.24) is 9.97 Å². The third-order valence-corrected chi connectivity index (χ3v) is 17.6. The van der Waals surface area contributed by atoms with E-state index in [0.29, 0.717) is 23.7 Å². The van der Waals surface area contributed by atoms with E-state index in [-0.39, 0.29) is 52.4 Å². The molecule has 0 fully saturated rings. The van der Waals surface area contributed by atoms with Crippen LogP contribution in [0.1, 0.15) is 144 Å². The summed E-state index contributed by atoms with van der Waals surface area (Å²) in [7, 11) is 0. The number of anilines is 2. The Morgan fingerprint density at radius 3 is 1.04 bits per heavy atom. The fourth-order valence-electron chi connectivity index (χ4n) is 10.3. The monoisotopic (exact) mass is 1520 g/mol. The number of fused-ring (bicyclic) bond motifs is 2. The minimum atomic E-state index is 0. The van der Waals surface area contributed by atoms with E-state index < -0.39 is 0 Å². The predicted octanol–water partition coefficient (Wildman–Crippen LogP) is 28.1. The van der Waals surface area contributed by atoms with Gasteiger partial charge in [-0.3, -0.25) is 0 Å². The number of hydrogen-bond donors (Lipinski definition) is 1. The summed E-state index contributed by atoms with van der Waals surface area (Å²) in [4.78, 5) is 14.9. The molecule has 0 saturated heterocycles. The number of nitrogens with one attached hydrogen (secondary N) is 1. The molecule has 8 heteroatoms. The molecule has 512 valence electrons. The minimum absolute atomic E-state index is 0. The summed E-state index contributed by atoms with van der Waals surface area (Å²) in [5.74, 6) is 1.72. The normalized spacial score (nSPS) is 10.1. The number of pyridine rings is 2. The van der Waals surface area contributed by atoms with Crippen molar-refractivity contribution < 1.29 is 52.4 Å². The topological polar surface area (TPSA) is 51.9 Å². The number of aromatic nitrogens is 2. The van der Waals surface area contributed by atoms with Gasteiger partial charge in [0, 0.05) is 21.5 Å². The zero-order valence-electron chi connectivity index (χ0n) is 61.0. The molecule has 0 atom stereocenters. The predicted molar refractivity (Wildman–Crippen MR) is 439 cm³/mol. The van der Waals surface area contributed by atoms with Crippen LogP contribution < -0.4 is 5.32 Å². The molecule has 10 aromatic carbocycles. The first-order valence-corrected chi connectivity index (χ1v) is 35.7. The zero-order valence-corrected chi connectivity index (χ0v) is 67.5. The Balaban J connectivity index is 0.000000233. The Morgan fingerprint density at radius 2 is 0.696 bits per heavy atom. The van der Waals surface area contributed by atoms with Crippen LogP contribution in [0.3, 0.4) is 0 Å². The molecule has 0 radical (unpaired) electrons. The number of nitrogens with zero attached hydrogens (tertiary/aromatic N) is 3. The van der Waals surface area contributed by atoms with Gasteiger partial charge >= 0.3 is 52.4 Å². The number of thiophene rings is 2. The summed E-state index contributed by atoms with van der Waals surface area (Å²) in [5, 5.41) is 11.2. The van der Waals surface area contributed by atoms with Crippen LogP contribution in [0.4, 0.5) is 22.7 Å². The summed E-state index contributed by atoms with van der Waals surface area (Å²) >= 11 is 3.51. The molecule has 0 aliphatic rings. The Labute approximate surface area is 658 Å². The Morgan fingerprint density at radius 1 is 0.343 bits per heavy atom. The van der Waals surface area contributed by atoms with Crippen molar-refractivity contribution in [2.45, 2.75) is 92.9 Å². The minimum Gasteiger partial charge on any atom is -0.656 e. The van der Waals surface area contributed by atoms with Gasteiger partial charge in [0.25, 0.3) is 0 Å². The van der Waals surface area contributed by atoms with Crippen LogP contribution >= 0.6 is 22.7 Å². The first kappa shape index (κ1) is 83.7. The fraction of sp³-hybridized carbons (Fsp3) is 0.149. The number of rotatable bonds is 10. The fourth-order valence-corrected chi connectivity index (χ4v) is 11.9. The molecule has 0 aliphatic heterocycles. The van der Waals surface area contributed by atoms with Crippen molar-refractivity contribution >= 4 is 67.2 Å². The molecule has 4 aromatic heterocycles. The maximum atomic E-state index is 5.18. The molecule has 0 bridgehead atoms. The molecular weight excluding hydrogens is 1430 g/mol. The third-order valence-electron chi connectivity index (χ3n) is 15.6. The van der Waals surface area contributed by atoms with Crippen molar-refractivity contribution in [1.29, 1.82) is 0 Å². The molecule has 4 heterocycles. The molecule has 0 amide bonds. The van der Waals surface area contributed by atoms with Crippen LogP contribution in [0, 0.1) is 61.5 Å². The van der Waals surface area contributed by atoms with Gasteiger partial charge in [-0.05, 0) is 77.1 Å². The standard InChI is InChI=1S/C26H28N2S.C26H26N2S.6C7H7.2Zr/c2*1-16(2)20-9-7-10-21(17(3)4)26(20)28-23-11-6-8-19-13-14-22(27-25(19)23)24-15-12-18(5)29-24;6*1-7-5-3-2-4-6-7;;/h6-17,28H,1-5H3;6-14,16-17H,1-5H3;6*2-6H,1H2;;/q;-2;6*-1;2*+4. The van der Waals surface area contributed by atoms with E-state index in [1.165, 1.54) is 42.6 Å². The molecular formula is C94H96N4S2Zr2. The molecule has 1 N–H and O–H groups in total. The zero-order chi connectivity index (χ0) is 71.8. The van der Waals surface area contributed by atoms with Crippen molar-refractivity contribution in [3.05, 3.63) is 416 Å². The second-order valence-corrected chi connectivity index (χ2v) is 27.8. The van der Waals surface area contributed by atoms with Crippen LogP contribution in [0.5, 0.6) is 0 Å². The first-order chi connectivity index (χ1) is 48.2. The van der Waals surface area contributed by atoms with Gasteiger partial charge in [-0.2, -0.15) is 160 Å². The van der Waals surface area contributed by atoms with Gasteiger partial charge in [-0.15, -0.1) is 95.5 Å². The van der Waals surface area contributed by atoms with Crippen molar-refractivity contribution in [3.8, 4) is 21.1 Å². The third kappa shape index (κ3) is 27.7. The van der Waals surface area contributed by atoms with Crippen molar-refractivity contribution in [2.75, 3.05) is 5.32 Å². The maximum absolute atomic E-state index is 5.18. The number of hydrogen-bond acceptors (Lipinski definition) is 5. The van der Waals surface area contributed by atoms with E-state index in [1.807, 2.05) is 188 Å². The second-order valence-electron chi connectivity index (χ2n) is 25.2. The Bertz CT molecular complexity index is 4100. The second kappa shape index (κ2) is 44.4. The van der Waals surface area contributed by atoms with E-state index in [0.717, 1.165) is 88.5 Å². The summed E-state index contributed by atoms with van der Waals surface area (Å²) in [6.07, 6.45) is 0. The van der Waals surface area contributed by atoms with Gasteiger partial charge in [-0.1, -0.05) is 205 Å². The van der Waals surface area contributed by atoms with Crippen molar-refractivity contribution in [3.63, 3.8) is 0 Å². The molecule has 0 unspecified atom stereocenters. The summed E-state index contributed by atoms with van der Waals surface area (Å²) < 4.78 is 0. The Kier molecular flexibility index (Phi) is 36.4. The van der Waals surface area contributed by atoms with E-state index >= 15 is 0 Å². The van der Waals surface area contributed by atoms with E-state index in [2.05, 4.69) is 231 Å². The molecule has 0 saturated carbocycles. The van der Waals surface area contributed by atoms with Crippen LogP contribution in [0.2, 0.25) is 0 Å². The summed E-state index contributed by atoms with van der Waals surface area (Å²) in [6, 6.07) is 103. The number of para-hydroxylation sites is 4. The van der Waals surface area contributed by atoms with Gasteiger partial charge in [0.1, 0.15) is 0 Å². The molecule has 102 heavy (non-hydrogen) atoms. The quantitative estimate of drug-likeness (QED) is 0.139. The molecule has 14 rings (SSSR count). The van der Waals surface area contributed by atoms with Gasteiger partial charge in [0.2, 0.25) is 0 Å². The number of aryl methyl sites for hydroxylation is 2. The first-order valence-electron chi connectivity index (χ1n) is 34.1. The molecule has 14 aromatic rings. The van der Waals surface area contributed by atoms with Gasteiger partial charge in [0.05, 0.1) is 21.8 Å². The van der Waals surface area contributed by atoms with Crippen LogP contribution in [0.25, 0.3) is 48.3 Å². The molecule has 0 spiro atoms. The van der Waals surface area contributed by atoms with Crippen LogP contribution in [-0.4, -0.2) is 9.97 Å². The van der Waals surface area contributed by atoms with Crippen LogP contribution in [-0.2, 0) is 52.4 Å². The molecule has 4 nitrogen and oxygen atoms in total. The average molecular weight is 1530 g/mol. The number of benzene rings is 10. The van der Waals surface area contributed by atoms with Gasteiger partial charge in [0.15, 0.2) is 0 Å². The maximum Gasteiger partial charge on any atom is 4.00 e. The van der Waals surface area contributed by atoms with E-state index in [1.54, 1.807) is 22.7 Å². The molecule has 0 aliphatic carbocycles. The van der Waals surface area contributed by atoms with Crippen LogP contribution in [0.15, 0.2) is 297 Å².